The van der Waals surface area contributed by atoms with E-state index in [9.17, 15) is 9.18 Å². The molecule has 0 unspecified atom stereocenters. The third-order valence-electron chi connectivity index (χ3n) is 2.49. The molecule has 84 valence electrons. The van der Waals surface area contributed by atoms with Crippen molar-refractivity contribution in [3.63, 3.8) is 0 Å². The number of hydrogen-bond acceptors (Lipinski definition) is 2. The second-order valence-electron chi connectivity index (χ2n) is 4.47. The van der Waals surface area contributed by atoms with Crippen molar-refractivity contribution in [1.82, 2.24) is 0 Å². The second-order valence-corrected chi connectivity index (χ2v) is 4.47. The van der Waals surface area contributed by atoms with Crippen molar-refractivity contribution in [1.29, 1.82) is 0 Å². The van der Waals surface area contributed by atoms with Crippen LogP contribution in [0.1, 0.15) is 36.7 Å². The van der Waals surface area contributed by atoms with Gasteiger partial charge in [0.05, 0.1) is 5.56 Å². The third kappa shape index (κ3) is 1.85. The van der Waals surface area contributed by atoms with Gasteiger partial charge in [-0.2, -0.15) is 0 Å². The van der Waals surface area contributed by atoms with Gasteiger partial charge in [0, 0.05) is 5.56 Å². The van der Waals surface area contributed by atoms with E-state index in [2.05, 4.69) is 0 Å². The molecule has 1 aromatic rings. The minimum Gasteiger partial charge on any atom is -0.482 e. The molecule has 0 saturated heterocycles. The van der Waals surface area contributed by atoms with Gasteiger partial charge in [-0.3, -0.25) is 4.79 Å². The van der Waals surface area contributed by atoms with Crippen LogP contribution in [0, 0.1) is 5.82 Å². The van der Waals surface area contributed by atoms with E-state index in [1.165, 1.54) is 19.1 Å². The van der Waals surface area contributed by atoms with Crippen LogP contribution >= 0.6 is 0 Å². The van der Waals surface area contributed by atoms with E-state index < -0.39 is 11.4 Å². The van der Waals surface area contributed by atoms with Gasteiger partial charge in [0.2, 0.25) is 0 Å². The first-order valence-electron chi connectivity index (χ1n) is 5.12. The van der Waals surface area contributed by atoms with Gasteiger partial charge in [-0.1, -0.05) is 6.08 Å². The van der Waals surface area contributed by atoms with Crippen LogP contribution in [0.4, 0.5) is 4.39 Å². The van der Waals surface area contributed by atoms with Crippen LogP contribution in [0.5, 0.6) is 5.75 Å². The summed E-state index contributed by atoms with van der Waals surface area (Å²) in [5.74, 6) is -0.139. The maximum Gasteiger partial charge on any atom is 0.163 e. The minimum atomic E-state index is -0.463. The summed E-state index contributed by atoms with van der Waals surface area (Å²) in [6, 6.07) is 2.59. The maximum atomic E-state index is 13.3. The van der Waals surface area contributed by atoms with Crippen LogP contribution in [0.2, 0.25) is 0 Å². The number of fused-ring (bicyclic) bond motifs is 1. The highest BCUT2D eigenvalue weighted by Gasteiger charge is 2.25. The molecule has 1 heterocycles. The molecule has 0 N–H and O–H groups in total. The Hall–Kier alpha value is -1.64. The zero-order valence-electron chi connectivity index (χ0n) is 9.50. The molecule has 0 bridgehead atoms. The van der Waals surface area contributed by atoms with Gasteiger partial charge in [0.15, 0.2) is 5.78 Å². The summed E-state index contributed by atoms with van der Waals surface area (Å²) in [5, 5.41) is 0. The van der Waals surface area contributed by atoms with Crippen molar-refractivity contribution in [3.8, 4) is 5.75 Å². The van der Waals surface area contributed by atoms with Gasteiger partial charge in [0.1, 0.15) is 17.2 Å². The monoisotopic (exact) mass is 220 g/mol. The molecular weight excluding hydrogens is 207 g/mol. The molecule has 0 atom stereocenters. The topological polar surface area (TPSA) is 26.3 Å². The molecule has 0 saturated carbocycles. The number of carbonyl (C=O) groups is 1. The van der Waals surface area contributed by atoms with Gasteiger partial charge in [0.25, 0.3) is 0 Å². The number of benzene rings is 1. The van der Waals surface area contributed by atoms with E-state index in [0.29, 0.717) is 16.9 Å². The van der Waals surface area contributed by atoms with E-state index in [0.717, 1.165) is 0 Å². The predicted octanol–water partition coefficient (Wildman–Crippen LogP) is 3.21. The van der Waals surface area contributed by atoms with Crippen LogP contribution in [0.3, 0.4) is 0 Å². The Balaban J connectivity index is 2.63. The van der Waals surface area contributed by atoms with Crippen molar-refractivity contribution in [2.75, 3.05) is 0 Å². The Morgan fingerprint density at radius 2 is 2.06 bits per heavy atom. The average molecular weight is 220 g/mol. The number of halogens is 1. The zero-order chi connectivity index (χ0) is 11.9. The Kier molecular flexibility index (Phi) is 2.34. The molecule has 0 fully saturated rings. The molecule has 1 aromatic carbocycles. The van der Waals surface area contributed by atoms with Crippen molar-refractivity contribution in [2.24, 2.45) is 0 Å². The van der Waals surface area contributed by atoms with Crippen molar-refractivity contribution >= 4 is 11.9 Å². The lowest BCUT2D eigenvalue weighted by atomic mass is 9.98. The Morgan fingerprint density at radius 1 is 1.38 bits per heavy atom. The van der Waals surface area contributed by atoms with E-state index >= 15 is 0 Å². The fraction of sp³-hybridized carbons (Fsp3) is 0.308. The summed E-state index contributed by atoms with van der Waals surface area (Å²) in [6.45, 7) is 5.18. The standard InChI is InChI=1S/C13H13FO2/c1-8(15)11-7-10(14)6-9-4-5-13(2,3)16-12(9)11/h4-7H,1-3H3. The number of hydrogen-bond donors (Lipinski definition) is 0. The highest BCUT2D eigenvalue weighted by Crippen LogP contribution is 2.34. The number of ether oxygens (including phenoxy) is 1. The lowest BCUT2D eigenvalue weighted by Crippen LogP contribution is -2.28. The summed E-state index contributed by atoms with van der Waals surface area (Å²) >= 11 is 0. The van der Waals surface area contributed by atoms with Gasteiger partial charge in [-0.25, -0.2) is 4.39 Å². The Morgan fingerprint density at radius 3 is 2.69 bits per heavy atom. The van der Waals surface area contributed by atoms with Crippen LogP contribution in [0.15, 0.2) is 18.2 Å². The summed E-state index contributed by atoms with van der Waals surface area (Å²) in [5.41, 5.74) is 0.451. The average Bonchev–Trinajstić information content (AvgIpc) is 2.16. The first-order chi connectivity index (χ1) is 7.39. The highest BCUT2D eigenvalue weighted by molar-refractivity contribution is 5.98. The van der Waals surface area contributed by atoms with E-state index in [1.54, 1.807) is 6.08 Å². The maximum absolute atomic E-state index is 13.3. The molecular formula is C13H13FO2. The summed E-state index contributed by atoms with van der Waals surface area (Å²) in [4.78, 5) is 11.4. The number of carbonyl (C=O) groups excluding carboxylic acids is 1. The van der Waals surface area contributed by atoms with Crippen LogP contribution in [-0.2, 0) is 0 Å². The molecule has 0 radical (unpaired) electrons. The summed E-state index contributed by atoms with van der Waals surface area (Å²) in [6.07, 6.45) is 3.63. The largest absolute Gasteiger partial charge is 0.482 e. The fourth-order valence-electron chi connectivity index (χ4n) is 1.70. The molecule has 0 spiro atoms. The molecule has 1 aliphatic rings. The van der Waals surface area contributed by atoms with E-state index in [1.807, 2.05) is 19.9 Å². The SMILES string of the molecule is CC(=O)c1cc(F)cc2c1OC(C)(C)C=C2. The van der Waals surface area contributed by atoms with Crippen LogP contribution in [-0.4, -0.2) is 11.4 Å². The molecule has 3 heteroatoms. The molecule has 0 aromatic heterocycles. The normalized spacial score (nSPS) is 16.5. The number of ketones is 1. The Labute approximate surface area is 93.7 Å². The first-order valence-corrected chi connectivity index (χ1v) is 5.12. The molecule has 2 nitrogen and oxygen atoms in total. The molecule has 16 heavy (non-hydrogen) atoms. The van der Waals surface area contributed by atoms with Gasteiger partial charge in [-0.15, -0.1) is 0 Å². The first kappa shape index (κ1) is 10.9. The lowest BCUT2D eigenvalue weighted by molar-refractivity contribution is 0.0999. The smallest absolute Gasteiger partial charge is 0.163 e. The minimum absolute atomic E-state index is 0.193. The number of rotatable bonds is 1. The second kappa shape index (κ2) is 3.44. The zero-order valence-corrected chi connectivity index (χ0v) is 9.50. The molecule has 0 aliphatic carbocycles. The van der Waals surface area contributed by atoms with E-state index in [-0.39, 0.29) is 5.78 Å². The van der Waals surface area contributed by atoms with Crippen LogP contribution in [0.25, 0.3) is 6.08 Å². The quantitative estimate of drug-likeness (QED) is 0.679. The molecule has 2 rings (SSSR count). The molecule has 1 aliphatic heterocycles. The predicted molar refractivity (Wildman–Crippen MR) is 60.1 cm³/mol. The van der Waals surface area contributed by atoms with Gasteiger partial charge >= 0.3 is 0 Å². The highest BCUT2D eigenvalue weighted by atomic mass is 19.1. The number of Topliss-reactive ketones (excluding diaryl/α,β-unsaturated/α-hetero) is 1. The van der Waals surface area contributed by atoms with Gasteiger partial charge < -0.3 is 4.74 Å². The summed E-state index contributed by atoms with van der Waals surface area (Å²) in [7, 11) is 0. The van der Waals surface area contributed by atoms with Crippen molar-refractivity contribution < 1.29 is 13.9 Å². The molecule has 0 amide bonds. The van der Waals surface area contributed by atoms with Gasteiger partial charge in [-0.05, 0) is 39.0 Å². The van der Waals surface area contributed by atoms with Crippen molar-refractivity contribution in [2.45, 2.75) is 26.4 Å². The summed E-state index contributed by atoms with van der Waals surface area (Å²) < 4.78 is 19.0. The van der Waals surface area contributed by atoms with Crippen LogP contribution < -0.4 is 4.74 Å². The van der Waals surface area contributed by atoms with Crippen molar-refractivity contribution in [3.05, 3.63) is 35.2 Å². The third-order valence-corrected chi connectivity index (χ3v) is 2.49. The van der Waals surface area contributed by atoms with E-state index in [4.69, 9.17) is 4.74 Å². The Bertz CT molecular complexity index is 487. The fourth-order valence-corrected chi connectivity index (χ4v) is 1.70. The lowest BCUT2D eigenvalue weighted by Gasteiger charge is -2.29.